The molecule has 3 nitrogen and oxygen atoms in total. The van der Waals surface area contributed by atoms with Crippen LogP contribution in [-0.4, -0.2) is 9.97 Å². The Hall–Kier alpha value is -2.20. The molecule has 1 aromatic carbocycles. The van der Waals surface area contributed by atoms with Crippen molar-refractivity contribution in [2.75, 3.05) is 5.73 Å². The molecule has 0 aliphatic heterocycles. The first kappa shape index (κ1) is 12.8. The van der Waals surface area contributed by atoms with E-state index in [1.165, 1.54) is 16.9 Å². The molecule has 2 aromatic heterocycles. The minimum absolute atomic E-state index is 0.589. The van der Waals surface area contributed by atoms with Crippen LogP contribution in [0.3, 0.4) is 0 Å². The van der Waals surface area contributed by atoms with E-state index in [-0.39, 0.29) is 0 Å². The number of hydrogen-bond acceptors (Lipinski definition) is 4. The Labute approximate surface area is 122 Å². The zero-order valence-electron chi connectivity index (χ0n) is 11.4. The van der Waals surface area contributed by atoms with Gasteiger partial charge in [-0.05, 0) is 31.5 Å². The van der Waals surface area contributed by atoms with Crippen molar-refractivity contribution in [3.63, 3.8) is 0 Å². The van der Waals surface area contributed by atoms with Gasteiger partial charge >= 0.3 is 0 Å². The standard InChI is InChI=1S/C16H15N3S/c1-10-4-3-5-13(8-10)15-14(19-16(17)20-15)12-6-7-18-11(2)9-12/h3-9H,1-2H3,(H2,17,19). The lowest BCUT2D eigenvalue weighted by molar-refractivity contribution is 1.20. The van der Waals surface area contributed by atoms with Gasteiger partial charge in [0, 0.05) is 17.5 Å². The highest BCUT2D eigenvalue weighted by atomic mass is 32.1. The maximum atomic E-state index is 5.92. The summed E-state index contributed by atoms with van der Waals surface area (Å²) in [6.07, 6.45) is 1.81. The van der Waals surface area contributed by atoms with E-state index in [2.05, 4.69) is 41.2 Å². The summed E-state index contributed by atoms with van der Waals surface area (Å²) in [4.78, 5) is 9.84. The lowest BCUT2D eigenvalue weighted by atomic mass is 10.1. The molecule has 0 saturated carbocycles. The molecule has 0 spiro atoms. The molecule has 0 aliphatic carbocycles. The van der Waals surface area contributed by atoms with Crippen LogP contribution in [0, 0.1) is 13.8 Å². The minimum atomic E-state index is 0.589. The third kappa shape index (κ3) is 2.42. The van der Waals surface area contributed by atoms with Gasteiger partial charge in [-0.15, -0.1) is 0 Å². The van der Waals surface area contributed by atoms with E-state index in [1.54, 1.807) is 6.20 Å². The van der Waals surface area contributed by atoms with Crippen molar-refractivity contribution in [2.24, 2.45) is 0 Å². The topological polar surface area (TPSA) is 51.8 Å². The highest BCUT2D eigenvalue weighted by Gasteiger charge is 2.14. The average molecular weight is 281 g/mol. The molecule has 2 N–H and O–H groups in total. The van der Waals surface area contributed by atoms with Crippen molar-refractivity contribution in [3.05, 3.63) is 53.9 Å². The van der Waals surface area contributed by atoms with E-state index in [0.29, 0.717) is 5.13 Å². The van der Waals surface area contributed by atoms with Crippen LogP contribution in [0.4, 0.5) is 5.13 Å². The van der Waals surface area contributed by atoms with Crippen LogP contribution in [0.2, 0.25) is 0 Å². The monoisotopic (exact) mass is 281 g/mol. The van der Waals surface area contributed by atoms with E-state index in [0.717, 1.165) is 27.4 Å². The second kappa shape index (κ2) is 5.06. The highest BCUT2D eigenvalue weighted by Crippen LogP contribution is 2.38. The second-order valence-corrected chi connectivity index (χ2v) is 5.82. The van der Waals surface area contributed by atoms with Crippen molar-refractivity contribution < 1.29 is 0 Å². The predicted octanol–water partition coefficient (Wildman–Crippen LogP) is 4.07. The Morgan fingerprint density at radius 3 is 2.65 bits per heavy atom. The number of benzene rings is 1. The molecule has 0 bridgehead atoms. The number of anilines is 1. The Bertz CT molecular complexity index is 699. The molecule has 0 fully saturated rings. The highest BCUT2D eigenvalue weighted by molar-refractivity contribution is 7.19. The van der Waals surface area contributed by atoms with Crippen molar-refractivity contribution in [1.29, 1.82) is 0 Å². The number of hydrogen-bond donors (Lipinski definition) is 1. The van der Waals surface area contributed by atoms with E-state index >= 15 is 0 Å². The number of nitrogens with two attached hydrogens (primary N) is 1. The van der Waals surface area contributed by atoms with Crippen LogP contribution in [-0.2, 0) is 0 Å². The normalized spacial score (nSPS) is 10.7. The SMILES string of the molecule is Cc1cccc(-c2sc(N)nc2-c2ccnc(C)c2)c1. The number of aromatic nitrogens is 2. The molecule has 100 valence electrons. The van der Waals surface area contributed by atoms with Gasteiger partial charge in [0.25, 0.3) is 0 Å². The van der Waals surface area contributed by atoms with Crippen LogP contribution in [0.5, 0.6) is 0 Å². The van der Waals surface area contributed by atoms with E-state index in [4.69, 9.17) is 5.73 Å². The van der Waals surface area contributed by atoms with E-state index in [1.807, 2.05) is 19.1 Å². The third-order valence-corrected chi connectivity index (χ3v) is 4.03. The number of thiazole rings is 1. The summed E-state index contributed by atoms with van der Waals surface area (Å²) in [5.41, 5.74) is 11.3. The molecule has 0 atom stereocenters. The average Bonchev–Trinajstić information content (AvgIpc) is 2.81. The molecule has 0 amide bonds. The Morgan fingerprint density at radius 2 is 1.90 bits per heavy atom. The molecule has 20 heavy (non-hydrogen) atoms. The molecule has 0 radical (unpaired) electrons. The van der Waals surface area contributed by atoms with Crippen LogP contribution < -0.4 is 5.73 Å². The van der Waals surface area contributed by atoms with Crippen LogP contribution in [0.15, 0.2) is 42.6 Å². The summed E-state index contributed by atoms with van der Waals surface area (Å²) in [7, 11) is 0. The van der Waals surface area contributed by atoms with Gasteiger partial charge in [-0.2, -0.15) is 0 Å². The predicted molar refractivity (Wildman–Crippen MR) is 84.7 cm³/mol. The Balaban J connectivity index is 2.18. The van der Waals surface area contributed by atoms with Gasteiger partial charge in [-0.25, -0.2) is 4.98 Å². The fraction of sp³-hybridized carbons (Fsp3) is 0.125. The fourth-order valence-electron chi connectivity index (χ4n) is 2.21. The summed E-state index contributed by atoms with van der Waals surface area (Å²) < 4.78 is 0. The smallest absolute Gasteiger partial charge is 0.181 e. The third-order valence-electron chi connectivity index (χ3n) is 3.09. The summed E-state index contributed by atoms with van der Waals surface area (Å²) in [5.74, 6) is 0. The first-order valence-corrected chi connectivity index (χ1v) is 7.21. The zero-order chi connectivity index (χ0) is 14.1. The van der Waals surface area contributed by atoms with Crippen molar-refractivity contribution in [3.8, 4) is 21.7 Å². The molecule has 0 saturated heterocycles. The fourth-order valence-corrected chi connectivity index (χ4v) is 3.06. The lowest BCUT2D eigenvalue weighted by Crippen LogP contribution is -1.87. The van der Waals surface area contributed by atoms with Crippen LogP contribution >= 0.6 is 11.3 Å². The van der Waals surface area contributed by atoms with Crippen molar-refractivity contribution in [1.82, 2.24) is 9.97 Å². The molecule has 0 unspecified atom stereocenters. The van der Waals surface area contributed by atoms with Gasteiger partial charge in [0.1, 0.15) is 0 Å². The van der Waals surface area contributed by atoms with Crippen molar-refractivity contribution >= 4 is 16.5 Å². The summed E-state index contributed by atoms with van der Waals surface area (Å²) >= 11 is 1.52. The number of nitrogens with zero attached hydrogens (tertiary/aromatic N) is 2. The number of rotatable bonds is 2. The summed E-state index contributed by atoms with van der Waals surface area (Å²) in [6, 6.07) is 12.4. The van der Waals surface area contributed by atoms with Crippen molar-refractivity contribution in [2.45, 2.75) is 13.8 Å². The lowest BCUT2D eigenvalue weighted by Gasteiger charge is -2.04. The first-order chi connectivity index (χ1) is 9.63. The van der Waals surface area contributed by atoms with E-state index < -0.39 is 0 Å². The Morgan fingerprint density at radius 1 is 1.05 bits per heavy atom. The molecule has 3 rings (SSSR count). The van der Waals surface area contributed by atoms with E-state index in [9.17, 15) is 0 Å². The van der Waals surface area contributed by atoms with Gasteiger partial charge in [0.15, 0.2) is 5.13 Å². The largest absolute Gasteiger partial charge is 0.375 e. The number of pyridine rings is 1. The molecular formula is C16H15N3S. The van der Waals surface area contributed by atoms with Gasteiger partial charge in [-0.1, -0.05) is 41.2 Å². The quantitative estimate of drug-likeness (QED) is 0.770. The molecule has 4 heteroatoms. The minimum Gasteiger partial charge on any atom is -0.375 e. The van der Waals surface area contributed by atoms with Gasteiger partial charge in [0.2, 0.25) is 0 Å². The van der Waals surface area contributed by atoms with Crippen LogP contribution in [0.25, 0.3) is 21.7 Å². The van der Waals surface area contributed by atoms with Crippen LogP contribution in [0.1, 0.15) is 11.3 Å². The first-order valence-electron chi connectivity index (χ1n) is 6.40. The Kier molecular flexibility index (Phi) is 3.24. The molecular weight excluding hydrogens is 266 g/mol. The molecule has 0 aliphatic rings. The molecule has 3 aromatic rings. The van der Waals surface area contributed by atoms with Gasteiger partial charge in [0.05, 0.1) is 10.6 Å². The maximum Gasteiger partial charge on any atom is 0.181 e. The van der Waals surface area contributed by atoms with Gasteiger partial charge < -0.3 is 5.73 Å². The zero-order valence-corrected chi connectivity index (χ0v) is 12.2. The summed E-state index contributed by atoms with van der Waals surface area (Å²) in [5, 5.41) is 0.589. The number of nitrogen functional groups attached to an aromatic ring is 1. The second-order valence-electron chi connectivity index (χ2n) is 4.79. The number of aryl methyl sites for hydroxylation is 2. The maximum absolute atomic E-state index is 5.92. The molecule has 2 heterocycles. The summed E-state index contributed by atoms with van der Waals surface area (Å²) in [6.45, 7) is 4.07. The van der Waals surface area contributed by atoms with Gasteiger partial charge in [-0.3, -0.25) is 4.98 Å².